The Hall–Kier alpha value is -2.02. The molecule has 0 bridgehead atoms. The van der Waals surface area contributed by atoms with Crippen LogP contribution in [0.5, 0.6) is 0 Å². The van der Waals surface area contributed by atoms with Crippen LogP contribution in [0.1, 0.15) is 271 Å². The van der Waals surface area contributed by atoms with Gasteiger partial charge in [-0.15, -0.1) is 0 Å². The van der Waals surface area contributed by atoms with Gasteiger partial charge in [-0.25, -0.2) is 0 Å². The van der Waals surface area contributed by atoms with Gasteiger partial charge in [0.2, 0.25) is 0 Å². The molecule has 15 nitrogen and oxygen atoms in total. The number of hydrogen-bond donors (Lipinski definition) is 7. The van der Waals surface area contributed by atoms with Gasteiger partial charge in [0.25, 0.3) is 0 Å². The number of hydrogen-bond acceptors (Lipinski definition) is 15. The van der Waals surface area contributed by atoms with Gasteiger partial charge in [0, 0.05) is 12.8 Å². The van der Waals surface area contributed by atoms with Gasteiger partial charge < -0.3 is 64.2 Å². The Morgan fingerprint density at radius 2 is 0.731 bits per heavy atom. The lowest BCUT2D eigenvalue weighted by atomic mass is 9.98. The van der Waals surface area contributed by atoms with Crippen molar-refractivity contribution in [3.8, 4) is 0 Å². The number of unbranched alkanes of at least 4 members (excludes halogenated alkanes) is 34. The highest BCUT2D eigenvalue weighted by Gasteiger charge is 2.47. The summed E-state index contributed by atoms with van der Waals surface area (Å²) in [7, 11) is 0. The van der Waals surface area contributed by atoms with Crippen LogP contribution < -0.4 is 0 Å². The Morgan fingerprint density at radius 3 is 1.13 bits per heavy atom. The molecule has 0 aromatic rings. The lowest BCUT2D eigenvalue weighted by Gasteiger charge is -2.42. The number of esters is 2. The molecule has 0 amide bonds. The second-order valence-electron chi connectivity index (χ2n) is 22.6. The van der Waals surface area contributed by atoms with Crippen LogP contribution in [0.4, 0.5) is 0 Å². The summed E-state index contributed by atoms with van der Waals surface area (Å²) in [5.74, 6) is -0.916. The first-order valence-corrected chi connectivity index (χ1v) is 31.9. The van der Waals surface area contributed by atoms with Crippen LogP contribution >= 0.6 is 0 Å². The van der Waals surface area contributed by atoms with Gasteiger partial charge in [-0.1, -0.05) is 218 Å². The zero-order chi connectivity index (χ0) is 56.7. The van der Waals surface area contributed by atoms with E-state index < -0.39 is 92.7 Å². The highest BCUT2D eigenvalue weighted by Crippen LogP contribution is 2.27. The van der Waals surface area contributed by atoms with Crippen molar-refractivity contribution < 1.29 is 73.8 Å². The molecule has 0 aromatic heterocycles. The molecule has 2 aliphatic rings. The van der Waals surface area contributed by atoms with Crippen LogP contribution in [-0.4, -0.2) is 142 Å². The van der Waals surface area contributed by atoms with E-state index >= 15 is 0 Å². The van der Waals surface area contributed by atoms with Gasteiger partial charge >= 0.3 is 11.9 Å². The van der Waals surface area contributed by atoms with Crippen molar-refractivity contribution in [3.05, 3.63) is 24.3 Å². The van der Waals surface area contributed by atoms with Gasteiger partial charge in [-0.2, -0.15) is 0 Å². The highest BCUT2D eigenvalue weighted by atomic mass is 16.7. The summed E-state index contributed by atoms with van der Waals surface area (Å²) < 4.78 is 33.8. The molecule has 11 atom stereocenters. The van der Waals surface area contributed by atoms with Gasteiger partial charge in [0.05, 0.1) is 19.8 Å². The maximum absolute atomic E-state index is 13.1. The summed E-state index contributed by atoms with van der Waals surface area (Å²) in [6.45, 7) is 2.65. The van der Waals surface area contributed by atoms with E-state index in [2.05, 4.69) is 38.2 Å². The van der Waals surface area contributed by atoms with E-state index in [9.17, 15) is 45.3 Å². The fourth-order valence-corrected chi connectivity index (χ4v) is 10.2. The second kappa shape index (κ2) is 49.6. The fraction of sp³-hybridized carbons (Fsp3) is 0.905. The molecule has 11 unspecified atom stereocenters. The molecule has 0 saturated carbocycles. The van der Waals surface area contributed by atoms with Crippen molar-refractivity contribution in [2.45, 2.75) is 338 Å². The van der Waals surface area contributed by atoms with Crippen molar-refractivity contribution in [1.29, 1.82) is 0 Å². The van der Waals surface area contributed by atoms with Crippen LogP contribution in [0.3, 0.4) is 0 Å². The van der Waals surface area contributed by atoms with Gasteiger partial charge in [-0.05, 0) is 64.2 Å². The molecule has 0 aliphatic carbocycles. The minimum absolute atomic E-state index is 0.165. The summed E-state index contributed by atoms with van der Waals surface area (Å²) in [5, 5.41) is 72.4. The number of ether oxygens (including phenoxy) is 6. The van der Waals surface area contributed by atoms with Crippen LogP contribution in [0.25, 0.3) is 0 Å². The van der Waals surface area contributed by atoms with E-state index in [-0.39, 0.29) is 26.1 Å². The van der Waals surface area contributed by atoms with E-state index in [1.807, 2.05) is 0 Å². The third-order valence-corrected chi connectivity index (χ3v) is 15.4. The summed E-state index contributed by atoms with van der Waals surface area (Å²) in [5.41, 5.74) is 0. The number of carbonyl (C=O) groups is 2. The molecule has 0 radical (unpaired) electrons. The number of carbonyl (C=O) groups excluding carboxylic acids is 2. The number of allylic oxidation sites excluding steroid dienone is 4. The lowest BCUT2D eigenvalue weighted by molar-refractivity contribution is -0.332. The van der Waals surface area contributed by atoms with Crippen LogP contribution in [-0.2, 0) is 38.0 Å². The number of rotatable bonds is 52. The molecule has 0 spiro atoms. The van der Waals surface area contributed by atoms with Crippen molar-refractivity contribution in [2.75, 3.05) is 26.4 Å². The van der Waals surface area contributed by atoms with E-state index in [1.165, 1.54) is 186 Å². The standard InChI is InChI=1S/C63H116O15/c1-3-5-7-9-11-13-15-17-19-21-23-25-27-29-31-33-35-37-39-41-43-45-54(65)73-48-51(49-74-62-61(72)59(70)57(68)53(78-62)50-75-63-60(71)58(69)56(67)52(47-64)77-63)76-55(66)46-44-42-40-38-36-34-32-30-28-26-24-22-20-18-16-14-12-10-8-6-4-2/h21-24,51-53,56-64,67-72H,3-20,25-50H2,1-2H3/b23-21-,24-22-. The maximum Gasteiger partial charge on any atom is 0.306 e. The van der Waals surface area contributed by atoms with Gasteiger partial charge in [0.1, 0.15) is 55.4 Å². The first-order chi connectivity index (χ1) is 38.0. The van der Waals surface area contributed by atoms with Gasteiger partial charge in [0.15, 0.2) is 18.7 Å². The first-order valence-electron chi connectivity index (χ1n) is 31.9. The Kier molecular flexibility index (Phi) is 45.8. The van der Waals surface area contributed by atoms with E-state index in [4.69, 9.17) is 28.4 Å². The first kappa shape index (κ1) is 72.1. The largest absolute Gasteiger partial charge is 0.462 e. The minimum atomic E-state index is -1.76. The lowest BCUT2D eigenvalue weighted by Crippen LogP contribution is -2.61. The monoisotopic (exact) mass is 1110 g/mol. The molecule has 2 aliphatic heterocycles. The predicted molar refractivity (Wildman–Crippen MR) is 307 cm³/mol. The molecule has 78 heavy (non-hydrogen) atoms. The normalized spacial score (nSPS) is 24.1. The summed E-state index contributed by atoms with van der Waals surface area (Å²) in [6.07, 6.45) is 39.1. The fourth-order valence-electron chi connectivity index (χ4n) is 10.2. The molecule has 458 valence electrons. The molecule has 7 N–H and O–H groups in total. The second-order valence-corrected chi connectivity index (χ2v) is 22.6. The third kappa shape index (κ3) is 35.8. The summed E-state index contributed by atoms with van der Waals surface area (Å²) >= 11 is 0. The molecule has 2 heterocycles. The van der Waals surface area contributed by atoms with Crippen LogP contribution in [0.2, 0.25) is 0 Å². The third-order valence-electron chi connectivity index (χ3n) is 15.4. The minimum Gasteiger partial charge on any atom is -0.462 e. The zero-order valence-electron chi connectivity index (χ0n) is 49.2. The Labute approximate surface area is 473 Å². The van der Waals surface area contributed by atoms with Crippen molar-refractivity contribution >= 4 is 11.9 Å². The van der Waals surface area contributed by atoms with E-state index in [0.29, 0.717) is 12.8 Å². The Balaban J connectivity index is 1.71. The molecule has 2 rings (SSSR count). The molecule has 15 heteroatoms. The molecular formula is C63H116O15. The van der Waals surface area contributed by atoms with E-state index in [1.54, 1.807) is 0 Å². The van der Waals surface area contributed by atoms with Crippen LogP contribution in [0.15, 0.2) is 24.3 Å². The maximum atomic E-state index is 13.1. The van der Waals surface area contributed by atoms with Crippen molar-refractivity contribution in [1.82, 2.24) is 0 Å². The molecule has 2 fully saturated rings. The smallest absolute Gasteiger partial charge is 0.306 e. The highest BCUT2D eigenvalue weighted by molar-refractivity contribution is 5.70. The molecule has 2 saturated heterocycles. The average Bonchev–Trinajstić information content (AvgIpc) is 3.44. The molecule has 0 aromatic carbocycles. The predicted octanol–water partition coefficient (Wildman–Crippen LogP) is 11.8. The Morgan fingerprint density at radius 1 is 0.397 bits per heavy atom. The summed E-state index contributed by atoms with van der Waals surface area (Å²) in [6, 6.07) is 0. The van der Waals surface area contributed by atoms with Crippen LogP contribution in [0, 0.1) is 0 Å². The number of aliphatic hydroxyl groups excluding tert-OH is 7. The van der Waals surface area contributed by atoms with Crippen molar-refractivity contribution in [2.24, 2.45) is 0 Å². The quantitative estimate of drug-likeness (QED) is 0.0171. The van der Waals surface area contributed by atoms with Gasteiger partial charge in [-0.3, -0.25) is 9.59 Å². The SMILES string of the molecule is CCCCCCCCCC/C=C\CCCCCCCCCCCC(=O)OCC(COC1OC(COC2OC(CO)C(O)C(O)C2O)C(O)C(O)C1O)OC(=O)CCCCCCCCCCC/C=C\CCCCCCCCCC. The summed E-state index contributed by atoms with van der Waals surface area (Å²) in [4.78, 5) is 26.0. The number of aliphatic hydroxyl groups is 7. The Bertz CT molecular complexity index is 1450. The zero-order valence-corrected chi connectivity index (χ0v) is 49.2. The molecular weight excluding hydrogens is 997 g/mol. The van der Waals surface area contributed by atoms with E-state index in [0.717, 1.165) is 44.9 Å². The average molecular weight is 1110 g/mol. The van der Waals surface area contributed by atoms with Crippen molar-refractivity contribution in [3.63, 3.8) is 0 Å². The topological polar surface area (TPSA) is 231 Å².